The van der Waals surface area contributed by atoms with Crippen LogP contribution in [0.3, 0.4) is 0 Å². The highest BCUT2D eigenvalue weighted by Gasteiger charge is 2.26. The highest BCUT2D eigenvalue weighted by Crippen LogP contribution is 2.22. The summed E-state index contributed by atoms with van der Waals surface area (Å²) < 4.78 is 28.1. The second-order valence-electron chi connectivity index (χ2n) is 5.27. The van der Waals surface area contributed by atoms with Gasteiger partial charge in [-0.3, -0.25) is 10.1 Å². The molecule has 0 unspecified atom stereocenters. The molecule has 1 aromatic carbocycles. The first-order valence-electron chi connectivity index (χ1n) is 5.85. The SMILES string of the molecule is CC(C)(C)[S@@](=O)N[C@@H](C[N+](=O)[O-])c1cc(F)cc(Br)c1. The topological polar surface area (TPSA) is 72.2 Å². The third-order valence-electron chi connectivity index (χ3n) is 2.42. The fourth-order valence-corrected chi connectivity index (χ4v) is 2.75. The Morgan fingerprint density at radius 3 is 2.50 bits per heavy atom. The van der Waals surface area contributed by atoms with Crippen LogP contribution in [0.1, 0.15) is 32.4 Å². The molecule has 0 bridgehead atoms. The van der Waals surface area contributed by atoms with Gasteiger partial charge in [0.25, 0.3) is 0 Å². The third kappa shape index (κ3) is 5.26. The third-order valence-corrected chi connectivity index (χ3v) is 4.49. The zero-order valence-corrected chi connectivity index (χ0v) is 13.8. The maximum Gasteiger partial charge on any atom is 0.224 e. The average molecular weight is 367 g/mol. The monoisotopic (exact) mass is 366 g/mol. The number of nitrogens with one attached hydrogen (secondary N) is 1. The molecule has 112 valence electrons. The summed E-state index contributed by atoms with van der Waals surface area (Å²) in [5, 5.41) is 10.7. The molecule has 20 heavy (non-hydrogen) atoms. The minimum Gasteiger partial charge on any atom is -0.264 e. The summed E-state index contributed by atoms with van der Waals surface area (Å²) in [6.07, 6.45) is 0. The Kier molecular flexibility index (Phi) is 5.79. The number of hydrogen-bond acceptors (Lipinski definition) is 3. The maximum absolute atomic E-state index is 13.4. The summed E-state index contributed by atoms with van der Waals surface area (Å²) in [5.74, 6) is -0.508. The smallest absolute Gasteiger partial charge is 0.224 e. The summed E-state index contributed by atoms with van der Waals surface area (Å²) in [5.41, 5.74) is 0.381. The molecule has 0 heterocycles. The molecule has 0 aliphatic carbocycles. The van der Waals surface area contributed by atoms with Crippen LogP contribution in [0.5, 0.6) is 0 Å². The van der Waals surface area contributed by atoms with E-state index in [4.69, 9.17) is 0 Å². The van der Waals surface area contributed by atoms with Crippen LogP contribution in [-0.2, 0) is 11.0 Å². The van der Waals surface area contributed by atoms with Crippen molar-refractivity contribution in [3.05, 3.63) is 44.2 Å². The summed E-state index contributed by atoms with van der Waals surface area (Å²) >= 11 is 3.14. The minimum absolute atomic E-state index is 0.381. The van der Waals surface area contributed by atoms with Gasteiger partial charge in [-0.25, -0.2) is 13.3 Å². The summed E-state index contributed by atoms with van der Waals surface area (Å²) in [6.45, 7) is 4.78. The molecule has 0 aliphatic rings. The van der Waals surface area contributed by atoms with Crippen LogP contribution in [0, 0.1) is 15.9 Å². The number of hydrogen-bond donors (Lipinski definition) is 1. The van der Waals surface area contributed by atoms with Gasteiger partial charge in [0.1, 0.15) is 11.9 Å². The van der Waals surface area contributed by atoms with E-state index in [1.165, 1.54) is 12.1 Å². The van der Waals surface area contributed by atoms with Crippen LogP contribution in [0.2, 0.25) is 0 Å². The molecule has 2 atom stereocenters. The number of halogens is 2. The molecule has 0 saturated carbocycles. The lowest BCUT2D eigenvalue weighted by atomic mass is 10.1. The van der Waals surface area contributed by atoms with Gasteiger partial charge in [0.2, 0.25) is 6.54 Å². The molecular formula is C12H16BrFN2O3S. The molecule has 0 spiro atoms. The Bertz CT molecular complexity index is 514. The van der Waals surface area contributed by atoms with Gasteiger partial charge >= 0.3 is 0 Å². The molecule has 1 rings (SSSR count). The van der Waals surface area contributed by atoms with Gasteiger partial charge in [-0.1, -0.05) is 15.9 Å². The van der Waals surface area contributed by atoms with Crippen LogP contribution in [0.15, 0.2) is 22.7 Å². The van der Waals surface area contributed by atoms with Crippen LogP contribution in [-0.4, -0.2) is 20.4 Å². The molecule has 0 saturated heterocycles. The van der Waals surface area contributed by atoms with Crippen molar-refractivity contribution in [1.29, 1.82) is 0 Å². The zero-order chi connectivity index (χ0) is 15.5. The first kappa shape index (κ1) is 17.2. The van der Waals surface area contributed by atoms with Crippen molar-refractivity contribution >= 4 is 26.9 Å². The van der Waals surface area contributed by atoms with Crippen molar-refractivity contribution in [3.63, 3.8) is 0 Å². The fraction of sp³-hybridized carbons (Fsp3) is 0.500. The fourth-order valence-electron chi connectivity index (χ4n) is 1.44. The van der Waals surface area contributed by atoms with Crippen LogP contribution < -0.4 is 4.72 Å². The summed E-state index contributed by atoms with van der Waals surface area (Å²) in [6, 6.07) is 3.21. The van der Waals surface area contributed by atoms with E-state index in [0.717, 1.165) is 0 Å². The number of nitro groups is 1. The predicted molar refractivity (Wildman–Crippen MR) is 79.7 cm³/mol. The summed E-state index contributed by atoms with van der Waals surface area (Å²) in [7, 11) is -1.49. The average Bonchev–Trinajstić information content (AvgIpc) is 2.24. The lowest BCUT2D eigenvalue weighted by Gasteiger charge is -2.22. The Morgan fingerprint density at radius 2 is 2.05 bits per heavy atom. The molecule has 1 N–H and O–H groups in total. The highest BCUT2D eigenvalue weighted by atomic mass is 79.9. The number of benzene rings is 1. The Balaban J connectivity index is 3.06. The largest absolute Gasteiger partial charge is 0.264 e. The normalized spacial score (nSPS) is 14.8. The van der Waals surface area contributed by atoms with E-state index in [0.29, 0.717) is 10.0 Å². The quantitative estimate of drug-likeness (QED) is 0.643. The van der Waals surface area contributed by atoms with E-state index >= 15 is 0 Å². The van der Waals surface area contributed by atoms with E-state index in [-0.39, 0.29) is 0 Å². The zero-order valence-electron chi connectivity index (χ0n) is 11.4. The van der Waals surface area contributed by atoms with Gasteiger partial charge in [-0.15, -0.1) is 0 Å². The summed E-state index contributed by atoms with van der Waals surface area (Å²) in [4.78, 5) is 10.2. The molecule has 0 aromatic heterocycles. The van der Waals surface area contributed by atoms with E-state index < -0.39 is 39.1 Å². The van der Waals surface area contributed by atoms with E-state index in [9.17, 15) is 18.7 Å². The van der Waals surface area contributed by atoms with Gasteiger partial charge in [0.15, 0.2) is 0 Å². The van der Waals surface area contributed by atoms with Crippen molar-refractivity contribution in [1.82, 2.24) is 4.72 Å². The Labute approximate surface area is 127 Å². The number of nitrogens with zero attached hydrogens (tertiary/aromatic N) is 1. The van der Waals surface area contributed by atoms with Crippen molar-refractivity contribution in [3.8, 4) is 0 Å². The molecular weight excluding hydrogens is 351 g/mol. The Hall–Kier alpha value is -0.860. The molecule has 0 radical (unpaired) electrons. The minimum atomic E-state index is -1.49. The molecule has 8 heteroatoms. The second kappa shape index (κ2) is 6.73. The van der Waals surface area contributed by atoms with Crippen LogP contribution in [0.4, 0.5) is 4.39 Å². The molecule has 5 nitrogen and oxygen atoms in total. The van der Waals surface area contributed by atoms with E-state index in [2.05, 4.69) is 20.7 Å². The van der Waals surface area contributed by atoms with Gasteiger partial charge in [-0.05, 0) is 44.5 Å². The van der Waals surface area contributed by atoms with Gasteiger partial charge in [0.05, 0.1) is 15.7 Å². The number of rotatable bonds is 5. The standard InChI is InChI=1S/C12H16BrFN2O3S/c1-12(2,3)20(19)15-11(7-16(17)18)8-4-9(13)6-10(14)5-8/h4-6,11,15H,7H2,1-3H3/t11-,20+/m0/s1. The van der Waals surface area contributed by atoms with Gasteiger partial charge in [0, 0.05) is 9.40 Å². The van der Waals surface area contributed by atoms with Crippen molar-refractivity contribution < 1.29 is 13.5 Å². The molecule has 0 amide bonds. The molecule has 1 aromatic rings. The van der Waals surface area contributed by atoms with Crippen molar-refractivity contribution in [2.45, 2.75) is 31.6 Å². The lowest BCUT2D eigenvalue weighted by Crippen LogP contribution is -2.38. The van der Waals surface area contributed by atoms with Crippen molar-refractivity contribution in [2.75, 3.05) is 6.54 Å². The first-order valence-corrected chi connectivity index (χ1v) is 7.79. The predicted octanol–water partition coefficient (Wildman–Crippen LogP) is 2.96. The van der Waals surface area contributed by atoms with Crippen molar-refractivity contribution in [2.24, 2.45) is 0 Å². The van der Waals surface area contributed by atoms with Gasteiger partial charge in [-0.2, -0.15) is 0 Å². The van der Waals surface area contributed by atoms with Gasteiger partial charge < -0.3 is 0 Å². The lowest BCUT2D eigenvalue weighted by molar-refractivity contribution is -0.483. The second-order valence-corrected chi connectivity index (χ2v) is 8.18. The Morgan fingerprint density at radius 1 is 1.45 bits per heavy atom. The van der Waals surface area contributed by atoms with E-state index in [1.54, 1.807) is 26.8 Å². The molecule has 0 fully saturated rings. The van der Waals surface area contributed by atoms with Crippen LogP contribution >= 0.6 is 15.9 Å². The maximum atomic E-state index is 13.4. The molecule has 0 aliphatic heterocycles. The van der Waals surface area contributed by atoms with Crippen LogP contribution in [0.25, 0.3) is 0 Å². The van der Waals surface area contributed by atoms with E-state index in [1.807, 2.05) is 0 Å². The highest BCUT2D eigenvalue weighted by molar-refractivity contribution is 9.10. The first-order chi connectivity index (χ1) is 9.09.